The molecule has 302 valence electrons. The van der Waals surface area contributed by atoms with Crippen LogP contribution in [0.25, 0.3) is 0 Å². The highest BCUT2D eigenvalue weighted by Crippen LogP contribution is 2.69. The number of hydrogen-bond acceptors (Lipinski definition) is 13. The summed E-state index contributed by atoms with van der Waals surface area (Å²) in [6, 6.07) is 0. The van der Waals surface area contributed by atoms with Gasteiger partial charge < -0.3 is 64.2 Å². The molecular formula is C39H68O13. The van der Waals surface area contributed by atoms with Crippen LogP contribution in [-0.4, -0.2) is 142 Å². The summed E-state index contributed by atoms with van der Waals surface area (Å²) in [5, 5.41) is 77.2. The van der Waals surface area contributed by atoms with Crippen molar-refractivity contribution in [3.05, 3.63) is 0 Å². The van der Waals surface area contributed by atoms with E-state index in [0.717, 1.165) is 25.7 Å². The topological polar surface area (TPSA) is 197 Å². The van der Waals surface area contributed by atoms with Gasteiger partial charge in [0.15, 0.2) is 12.6 Å². The van der Waals surface area contributed by atoms with Crippen molar-refractivity contribution in [3.63, 3.8) is 0 Å². The van der Waals surface area contributed by atoms with Crippen molar-refractivity contribution in [2.45, 2.75) is 172 Å². The van der Waals surface area contributed by atoms with Crippen LogP contribution >= 0.6 is 0 Å². The van der Waals surface area contributed by atoms with E-state index in [0.29, 0.717) is 25.7 Å². The van der Waals surface area contributed by atoms with Crippen LogP contribution < -0.4 is 0 Å². The molecule has 0 bridgehead atoms. The lowest BCUT2D eigenvalue weighted by Gasteiger charge is -2.66. The summed E-state index contributed by atoms with van der Waals surface area (Å²) in [4.78, 5) is 0. The molecule has 4 aliphatic carbocycles. The van der Waals surface area contributed by atoms with E-state index in [-0.39, 0.29) is 72.1 Å². The van der Waals surface area contributed by atoms with Crippen LogP contribution in [0.4, 0.5) is 0 Å². The first-order valence-electron chi connectivity index (χ1n) is 19.9. The number of fused-ring (bicyclic) bond motifs is 5. The molecule has 13 nitrogen and oxygen atoms in total. The molecule has 4 saturated carbocycles. The Labute approximate surface area is 309 Å². The van der Waals surface area contributed by atoms with Crippen LogP contribution in [0.1, 0.15) is 92.4 Å². The van der Waals surface area contributed by atoms with E-state index in [1.165, 1.54) is 14.2 Å². The van der Waals surface area contributed by atoms with Crippen molar-refractivity contribution in [3.8, 4) is 0 Å². The Hall–Kier alpha value is -0.520. The van der Waals surface area contributed by atoms with E-state index in [2.05, 4.69) is 34.6 Å². The Balaban J connectivity index is 1.14. The van der Waals surface area contributed by atoms with Gasteiger partial charge in [0.05, 0.1) is 43.2 Å². The first-order valence-corrected chi connectivity index (χ1v) is 19.9. The molecule has 2 saturated heterocycles. The van der Waals surface area contributed by atoms with Crippen LogP contribution in [0.3, 0.4) is 0 Å². The minimum atomic E-state index is -1.22. The summed E-state index contributed by atoms with van der Waals surface area (Å²) in [6.07, 6.45) is -3.49. The maximum atomic E-state index is 12.7. The SMILES string of the molecule is CO[C@@H]1[C@@H](O[C@@H]2OC[C@@H](O)[C@H](O)[C@H]2OC)[C@H](O[C@@H](CC[C@@H](C)[C@H]2C[C@H](O)[C@@H]3[C@]2(C)CC[C@@H]2[C@@]4(C)CC[C@H](O)C[C@@H]4[C@@H](O)C[C@]23O)C(C)C)O[C@H]1CO. The van der Waals surface area contributed by atoms with Gasteiger partial charge in [-0.15, -0.1) is 0 Å². The molecule has 0 spiro atoms. The lowest BCUT2D eigenvalue weighted by atomic mass is 9.42. The molecular weight excluding hydrogens is 676 g/mol. The number of methoxy groups -OCH3 is 2. The van der Waals surface area contributed by atoms with E-state index in [9.17, 15) is 35.7 Å². The fraction of sp³-hybridized carbons (Fsp3) is 1.00. The third-order valence-electron chi connectivity index (χ3n) is 15.1. The Morgan fingerprint density at radius 3 is 2.15 bits per heavy atom. The van der Waals surface area contributed by atoms with Crippen LogP contribution in [-0.2, 0) is 28.4 Å². The summed E-state index contributed by atoms with van der Waals surface area (Å²) in [6.45, 7) is 10.4. The summed E-state index contributed by atoms with van der Waals surface area (Å²) in [7, 11) is 2.91. The highest BCUT2D eigenvalue weighted by atomic mass is 16.8. The smallest absolute Gasteiger partial charge is 0.187 e. The van der Waals surface area contributed by atoms with Gasteiger partial charge in [-0.3, -0.25) is 0 Å². The van der Waals surface area contributed by atoms with Crippen LogP contribution in [0, 0.1) is 46.3 Å². The maximum absolute atomic E-state index is 12.7. The average molecular weight is 745 g/mol. The predicted octanol–water partition coefficient (Wildman–Crippen LogP) is 1.73. The monoisotopic (exact) mass is 744 g/mol. The fourth-order valence-electron chi connectivity index (χ4n) is 12.4. The molecule has 0 aromatic heterocycles. The summed E-state index contributed by atoms with van der Waals surface area (Å²) < 4.78 is 36.0. The molecule has 2 heterocycles. The van der Waals surface area contributed by atoms with Crippen LogP contribution in [0.5, 0.6) is 0 Å². The quantitative estimate of drug-likeness (QED) is 0.153. The third-order valence-corrected chi connectivity index (χ3v) is 15.1. The Morgan fingerprint density at radius 1 is 0.808 bits per heavy atom. The molecule has 0 aromatic carbocycles. The van der Waals surface area contributed by atoms with Gasteiger partial charge in [0.1, 0.15) is 36.6 Å². The Bertz CT molecular complexity index is 1190. The molecule has 52 heavy (non-hydrogen) atoms. The molecule has 13 heteroatoms. The lowest BCUT2D eigenvalue weighted by Crippen LogP contribution is -2.68. The van der Waals surface area contributed by atoms with E-state index in [1.807, 2.05) is 0 Å². The molecule has 2 aliphatic heterocycles. The standard InChI is InChI=1S/C39H68O13/c1-19(2)27(50-36-33(31(47-6)28(17-40)51-36)52-35-32(48-7)30(45)26(44)18-49-35)9-8-20(3)22-15-24(42)34-38(22,5)13-11-29-37(4)12-10-21(41)14-23(37)25(43)16-39(29,34)46/h19-36,40-46H,8-18H2,1-7H3/t20-,21+,22-,23-,24+,25+,26-,27+,28+,29-,30+,31+,32-,33-,34-,35+,36-,37+,38-,39+/m1/s1. The van der Waals surface area contributed by atoms with Gasteiger partial charge in [0.25, 0.3) is 0 Å². The van der Waals surface area contributed by atoms with E-state index in [4.69, 9.17) is 28.4 Å². The largest absolute Gasteiger partial charge is 0.394 e. The summed E-state index contributed by atoms with van der Waals surface area (Å²) >= 11 is 0. The number of rotatable bonds is 12. The first-order chi connectivity index (χ1) is 24.5. The fourth-order valence-corrected chi connectivity index (χ4v) is 12.4. The van der Waals surface area contributed by atoms with Crippen molar-refractivity contribution >= 4 is 0 Å². The second-order valence-corrected chi connectivity index (χ2v) is 18.2. The molecule has 0 radical (unpaired) electrons. The zero-order chi connectivity index (χ0) is 37.9. The normalized spacial score (nSPS) is 51.9. The number of ether oxygens (including phenoxy) is 6. The predicted molar refractivity (Wildman–Crippen MR) is 188 cm³/mol. The second kappa shape index (κ2) is 15.8. The molecule has 6 aliphatic rings. The zero-order valence-electron chi connectivity index (χ0n) is 32.3. The van der Waals surface area contributed by atoms with Gasteiger partial charge in [-0.25, -0.2) is 0 Å². The van der Waals surface area contributed by atoms with Crippen molar-refractivity contribution in [2.75, 3.05) is 27.4 Å². The maximum Gasteiger partial charge on any atom is 0.187 e. The van der Waals surface area contributed by atoms with Gasteiger partial charge in [0.2, 0.25) is 0 Å². The van der Waals surface area contributed by atoms with Crippen LogP contribution in [0.2, 0.25) is 0 Å². The van der Waals surface area contributed by atoms with Crippen molar-refractivity contribution in [1.29, 1.82) is 0 Å². The van der Waals surface area contributed by atoms with E-state index < -0.39 is 73.1 Å². The van der Waals surface area contributed by atoms with Gasteiger partial charge in [-0.1, -0.05) is 34.6 Å². The summed E-state index contributed by atoms with van der Waals surface area (Å²) in [5.41, 5.74) is -1.77. The van der Waals surface area contributed by atoms with Gasteiger partial charge in [-0.2, -0.15) is 0 Å². The molecule has 6 rings (SSSR count). The van der Waals surface area contributed by atoms with E-state index in [1.54, 1.807) is 0 Å². The average Bonchev–Trinajstić information content (AvgIpc) is 3.57. The van der Waals surface area contributed by atoms with Gasteiger partial charge in [0, 0.05) is 26.6 Å². The lowest BCUT2D eigenvalue weighted by molar-refractivity contribution is -0.312. The van der Waals surface area contributed by atoms with Crippen molar-refractivity contribution in [2.24, 2.45) is 46.3 Å². The molecule has 0 amide bonds. The van der Waals surface area contributed by atoms with Crippen molar-refractivity contribution < 1.29 is 64.2 Å². The number of hydrogen-bond donors (Lipinski definition) is 7. The summed E-state index contributed by atoms with van der Waals surface area (Å²) in [5.74, 6) is 0.0346. The molecule has 20 atom stereocenters. The molecule has 7 N–H and O–H groups in total. The Kier molecular flexibility index (Phi) is 12.5. The van der Waals surface area contributed by atoms with Crippen molar-refractivity contribution in [1.82, 2.24) is 0 Å². The number of aliphatic hydroxyl groups excluding tert-OH is 6. The first kappa shape index (κ1) is 41.1. The minimum Gasteiger partial charge on any atom is -0.394 e. The highest BCUT2D eigenvalue weighted by Gasteiger charge is 2.70. The number of aliphatic hydroxyl groups is 7. The Morgan fingerprint density at radius 2 is 1.50 bits per heavy atom. The van der Waals surface area contributed by atoms with Gasteiger partial charge in [-0.05, 0) is 91.8 Å². The molecule has 0 unspecified atom stereocenters. The third kappa shape index (κ3) is 7.05. The van der Waals surface area contributed by atoms with Crippen LogP contribution in [0.15, 0.2) is 0 Å². The second-order valence-electron chi connectivity index (χ2n) is 18.2. The zero-order valence-corrected chi connectivity index (χ0v) is 32.3. The molecule has 0 aromatic rings. The van der Waals surface area contributed by atoms with Gasteiger partial charge >= 0.3 is 0 Å². The minimum absolute atomic E-state index is 0.0341. The molecule has 6 fully saturated rings. The highest BCUT2D eigenvalue weighted by molar-refractivity contribution is 5.20. The van der Waals surface area contributed by atoms with E-state index >= 15 is 0 Å².